The molecule has 0 radical (unpaired) electrons. The fourth-order valence-electron chi connectivity index (χ4n) is 2.36. The van der Waals surface area contributed by atoms with Gasteiger partial charge in [-0.2, -0.15) is 0 Å². The Kier molecular flexibility index (Phi) is 5.37. The van der Waals surface area contributed by atoms with Crippen molar-refractivity contribution in [2.75, 3.05) is 0 Å². The van der Waals surface area contributed by atoms with Crippen LogP contribution in [0.2, 0.25) is 0 Å². The van der Waals surface area contributed by atoms with Gasteiger partial charge in [-0.15, -0.1) is 11.3 Å². The highest BCUT2D eigenvalue weighted by Crippen LogP contribution is 2.34. The second-order valence-corrected chi connectivity index (χ2v) is 7.96. The summed E-state index contributed by atoms with van der Waals surface area (Å²) in [5, 5.41) is 10.2. The zero-order valence-corrected chi connectivity index (χ0v) is 13.9. The number of hydrogen-bond donors (Lipinski definition) is 2. The first kappa shape index (κ1) is 16.4. The highest BCUT2D eigenvalue weighted by Gasteiger charge is 2.25. The van der Waals surface area contributed by atoms with E-state index in [1.807, 2.05) is 25.1 Å². The zero-order valence-electron chi connectivity index (χ0n) is 12.3. The maximum Gasteiger partial charge on any atom is 0.242 e. The molecule has 0 aliphatic carbocycles. The molecule has 0 aliphatic rings. The van der Waals surface area contributed by atoms with Gasteiger partial charge in [0.15, 0.2) is 0 Å². The van der Waals surface area contributed by atoms with Gasteiger partial charge in [-0.1, -0.05) is 38.0 Å². The average molecular weight is 327 g/mol. The number of aliphatic hydroxyl groups excluding tert-OH is 1. The number of hydrogen-bond acceptors (Lipinski definition) is 4. The summed E-state index contributed by atoms with van der Waals surface area (Å²) in [5.74, 6) is 0. The quantitative estimate of drug-likeness (QED) is 0.820. The zero-order chi connectivity index (χ0) is 15.5. The van der Waals surface area contributed by atoms with Gasteiger partial charge in [-0.3, -0.25) is 0 Å². The molecule has 0 saturated heterocycles. The molecule has 6 heteroatoms. The third kappa shape index (κ3) is 3.63. The minimum atomic E-state index is -3.62. The van der Waals surface area contributed by atoms with Crippen LogP contribution >= 0.6 is 11.3 Å². The molecule has 0 amide bonds. The number of sulfonamides is 1. The topological polar surface area (TPSA) is 66.4 Å². The predicted octanol–water partition coefficient (Wildman–Crippen LogP) is 3.25. The van der Waals surface area contributed by atoms with Crippen molar-refractivity contribution >= 4 is 31.4 Å². The van der Waals surface area contributed by atoms with E-state index in [2.05, 4.69) is 11.6 Å². The van der Waals surface area contributed by atoms with Gasteiger partial charge in [0.2, 0.25) is 10.0 Å². The molecular weight excluding hydrogens is 306 g/mol. The fourth-order valence-corrected chi connectivity index (χ4v) is 5.44. The van der Waals surface area contributed by atoms with Gasteiger partial charge in [0.1, 0.15) is 4.90 Å². The summed E-state index contributed by atoms with van der Waals surface area (Å²) < 4.78 is 28.9. The van der Waals surface area contributed by atoms with Gasteiger partial charge in [-0.25, -0.2) is 13.1 Å². The molecule has 1 heterocycles. The monoisotopic (exact) mass is 327 g/mol. The Balaban J connectivity index is 2.39. The lowest BCUT2D eigenvalue weighted by Crippen LogP contribution is -2.32. The molecule has 21 heavy (non-hydrogen) atoms. The van der Waals surface area contributed by atoms with Crippen molar-refractivity contribution in [1.29, 1.82) is 0 Å². The maximum atomic E-state index is 12.6. The number of unbranched alkanes of at least 4 members (excludes halogenated alkanes) is 1. The summed E-state index contributed by atoms with van der Waals surface area (Å²) in [6.07, 6.45) is 2.84. The first-order valence-corrected chi connectivity index (χ1v) is 9.43. The first-order chi connectivity index (χ1) is 9.99. The summed E-state index contributed by atoms with van der Waals surface area (Å²) in [5.41, 5.74) is 0. The highest BCUT2D eigenvalue weighted by molar-refractivity contribution is 7.90. The number of fused-ring (bicyclic) bond motifs is 1. The van der Waals surface area contributed by atoms with E-state index in [0.717, 1.165) is 24.0 Å². The van der Waals surface area contributed by atoms with Crippen LogP contribution in [0.4, 0.5) is 0 Å². The molecule has 0 saturated carbocycles. The summed E-state index contributed by atoms with van der Waals surface area (Å²) in [7, 11) is -3.62. The molecular formula is C15H21NO3S2. The molecule has 1 aromatic heterocycles. The van der Waals surface area contributed by atoms with Gasteiger partial charge < -0.3 is 5.11 Å². The van der Waals surface area contributed by atoms with Crippen molar-refractivity contribution in [3.8, 4) is 0 Å². The number of thiophene rings is 1. The van der Waals surface area contributed by atoms with Gasteiger partial charge >= 0.3 is 0 Å². The lowest BCUT2D eigenvalue weighted by Gasteiger charge is -2.14. The van der Waals surface area contributed by atoms with Crippen LogP contribution in [0.3, 0.4) is 0 Å². The van der Waals surface area contributed by atoms with E-state index in [9.17, 15) is 13.5 Å². The van der Waals surface area contributed by atoms with E-state index in [1.165, 1.54) is 11.3 Å². The fraction of sp³-hybridized carbons (Fsp3) is 0.467. The SMILES string of the molecule is CCCCC(C)NS(=O)(=O)c1c(CO)sc2ccccc12. The molecule has 2 aromatic rings. The summed E-state index contributed by atoms with van der Waals surface area (Å²) in [6, 6.07) is 7.23. The van der Waals surface area contributed by atoms with Crippen LogP contribution < -0.4 is 4.72 Å². The first-order valence-electron chi connectivity index (χ1n) is 7.13. The highest BCUT2D eigenvalue weighted by atomic mass is 32.2. The molecule has 116 valence electrons. The smallest absolute Gasteiger partial charge is 0.242 e. The second kappa shape index (κ2) is 6.87. The van der Waals surface area contributed by atoms with Gasteiger partial charge in [-0.05, 0) is 19.4 Å². The van der Waals surface area contributed by atoms with Gasteiger partial charge in [0.25, 0.3) is 0 Å². The van der Waals surface area contributed by atoms with Crippen molar-refractivity contribution in [1.82, 2.24) is 4.72 Å². The molecule has 1 aromatic carbocycles. The van der Waals surface area contributed by atoms with E-state index in [0.29, 0.717) is 10.3 Å². The van der Waals surface area contributed by atoms with Crippen molar-refractivity contribution in [3.63, 3.8) is 0 Å². The Morgan fingerprint density at radius 2 is 2.05 bits per heavy atom. The minimum Gasteiger partial charge on any atom is -0.391 e. The van der Waals surface area contributed by atoms with Crippen LogP contribution in [-0.2, 0) is 16.6 Å². The molecule has 0 aliphatic heterocycles. The lowest BCUT2D eigenvalue weighted by molar-refractivity contribution is 0.282. The molecule has 4 nitrogen and oxygen atoms in total. The third-order valence-corrected chi connectivity index (χ3v) is 6.38. The largest absolute Gasteiger partial charge is 0.391 e. The Bertz CT molecular complexity index is 707. The minimum absolute atomic E-state index is 0.111. The Morgan fingerprint density at radius 1 is 1.33 bits per heavy atom. The predicted molar refractivity (Wildman–Crippen MR) is 87.1 cm³/mol. The van der Waals surface area contributed by atoms with Crippen LogP contribution in [0.25, 0.3) is 10.1 Å². The normalized spacial score (nSPS) is 13.7. The molecule has 1 atom stereocenters. The Labute approximate surface area is 129 Å². The number of rotatable bonds is 7. The number of aliphatic hydroxyl groups is 1. The molecule has 0 fully saturated rings. The second-order valence-electron chi connectivity index (χ2n) is 5.17. The van der Waals surface area contributed by atoms with Crippen molar-refractivity contribution in [2.24, 2.45) is 0 Å². The van der Waals surface area contributed by atoms with E-state index in [4.69, 9.17) is 0 Å². The molecule has 1 unspecified atom stereocenters. The molecule has 0 bridgehead atoms. The van der Waals surface area contributed by atoms with Gasteiger partial charge in [0.05, 0.1) is 11.5 Å². The van der Waals surface area contributed by atoms with Crippen molar-refractivity contribution < 1.29 is 13.5 Å². The van der Waals surface area contributed by atoms with Crippen molar-refractivity contribution in [2.45, 2.75) is 50.7 Å². The molecule has 2 rings (SSSR count). The standard InChI is InChI=1S/C15H21NO3S2/c1-3-4-7-11(2)16-21(18,19)15-12-8-5-6-9-13(12)20-14(15)10-17/h5-6,8-9,11,16-17H,3-4,7,10H2,1-2H3. The van der Waals surface area contributed by atoms with Crippen LogP contribution in [0.1, 0.15) is 38.0 Å². The van der Waals surface area contributed by atoms with E-state index in [1.54, 1.807) is 6.07 Å². The third-order valence-electron chi connectivity index (χ3n) is 3.38. The Morgan fingerprint density at radius 3 is 2.71 bits per heavy atom. The van der Waals surface area contributed by atoms with Crippen molar-refractivity contribution in [3.05, 3.63) is 29.1 Å². The van der Waals surface area contributed by atoms with Gasteiger partial charge in [0, 0.05) is 16.1 Å². The summed E-state index contributed by atoms with van der Waals surface area (Å²) in [6.45, 7) is 3.69. The molecule has 0 spiro atoms. The lowest BCUT2D eigenvalue weighted by atomic mass is 10.2. The Hall–Kier alpha value is -0.950. The summed E-state index contributed by atoms with van der Waals surface area (Å²) >= 11 is 1.33. The van der Waals surface area contributed by atoms with Crippen LogP contribution in [0.15, 0.2) is 29.2 Å². The van der Waals surface area contributed by atoms with Crippen LogP contribution in [0, 0.1) is 0 Å². The number of benzene rings is 1. The number of nitrogens with one attached hydrogen (secondary N) is 1. The average Bonchev–Trinajstić information content (AvgIpc) is 2.83. The van der Waals surface area contributed by atoms with E-state index >= 15 is 0 Å². The maximum absolute atomic E-state index is 12.6. The van der Waals surface area contributed by atoms with E-state index in [-0.39, 0.29) is 17.5 Å². The van der Waals surface area contributed by atoms with Crippen LogP contribution in [0.5, 0.6) is 0 Å². The summed E-state index contributed by atoms with van der Waals surface area (Å²) in [4.78, 5) is 0.723. The molecule has 2 N–H and O–H groups in total. The van der Waals surface area contributed by atoms with E-state index < -0.39 is 10.0 Å². The van der Waals surface area contributed by atoms with Crippen LogP contribution in [-0.4, -0.2) is 19.6 Å².